The SMILES string of the molecule is COCCN(C(=O)c1cc(C(=O)O)cc([N+](=O)[O-])c1)C1CCS(=O)(=O)C1. The van der Waals surface area contributed by atoms with Crippen molar-refractivity contribution in [2.45, 2.75) is 12.5 Å². The maximum atomic E-state index is 12.9. The minimum Gasteiger partial charge on any atom is -0.478 e. The van der Waals surface area contributed by atoms with Crippen LogP contribution in [0, 0.1) is 10.1 Å². The molecule has 0 saturated carbocycles. The number of hydrogen-bond acceptors (Lipinski definition) is 7. The summed E-state index contributed by atoms with van der Waals surface area (Å²) in [7, 11) is -1.84. The Kier molecular flexibility index (Phi) is 5.93. The molecule has 26 heavy (non-hydrogen) atoms. The third-order valence-electron chi connectivity index (χ3n) is 4.07. The Labute approximate surface area is 149 Å². The molecule has 142 valence electrons. The number of amides is 1. The van der Waals surface area contributed by atoms with Crippen LogP contribution in [0.2, 0.25) is 0 Å². The highest BCUT2D eigenvalue weighted by atomic mass is 32.2. The first kappa shape index (κ1) is 19.8. The van der Waals surface area contributed by atoms with Crippen molar-refractivity contribution in [3.05, 3.63) is 39.4 Å². The topological polar surface area (TPSA) is 144 Å². The Bertz CT molecular complexity index is 804. The van der Waals surface area contributed by atoms with Crippen LogP contribution in [0.15, 0.2) is 18.2 Å². The van der Waals surface area contributed by atoms with Crippen molar-refractivity contribution in [3.63, 3.8) is 0 Å². The van der Waals surface area contributed by atoms with Crippen LogP contribution in [0.25, 0.3) is 0 Å². The normalized spacial score (nSPS) is 18.4. The van der Waals surface area contributed by atoms with Crippen molar-refractivity contribution in [1.82, 2.24) is 4.90 Å². The van der Waals surface area contributed by atoms with Crippen molar-refractivity contribution in [1.29, 1.82) is 0 Å². The molecule has 1 aromatic rings. The van der Waals surface area contributed by atoms with Gasteiger partial charge in [0.25, 0.3) is 11.6 Å². The monoisotopic (exact) mass is 386 g/mol. The Hall–Kier alpha value is -2.53. The first-order chi connectivity index (χ1) is 12.1. The van der Waals surface area contributed by atoms with Gasteiger partial charge in [0.1, 0.15) is 0 Å². The maximum Gasteiger partial charge on any atom is 0.335 e. The van der Waals surface area contributed by atoms with E-state index in [1.54, 1.807) is 0 Å². The molecule has 1 heterocycles. The fraction of sp³-hybridized carbons (Fsp3) is 0.467. The molecule has 1 fully saturated rings. The molecule has 1 atom stereocenters. The molecule has 0 aliphatic carbocycles. The lowest BCUT2D eigenvalue weighted by atomic mass is 10.1. The van der Waals surface area contributed by atoms with E-state index in [4.69, 9.17) is 9.84 Å². The summed E-state index contributed by atoms with van der Waals surface area (Å²) in [5.41, 5.74) is -1.11. The summed E-state index contributed by atoms with van der Waals surface area (Å²) in [4.78, 5) is 35.6. The van der Waals surface area contributed by atoms with E-state index in [2.05, 4.69) is 0 Å². The fourth-order valence-corrected chi connectivity index (χ4v) is 4.52. The quantitative estimate of drug-likeness (QED) is 0.529. The molecule has 1 aliphatic heterocycles. The number of non-ortho nitro benzene ring substituents is 1. The maximum absolute atomic E-state index is 12.9. The molecule has 1 unspecified atom stereocenters. The van der Waals surface area contributed by atoms with Gasteiger partial charge < -0.3 is 14.7 Å². The van der Waals surface area contributed by atoms with Gasteiger partial charge >= 0.3 is 5.97 Å². The lowest BCUT2D eigenvalue weighted by Gasteiger charge is -2.28. The summed E-state index contributed by atoms with van der Waals surface area (Å²) in [6.45, 7) is 0.226. The Morgan fingerprint density at radius 2 is 2.00 bits per heavy atom. The average molecular weight is 386 g/mol. The lowest BCUT2D eigenvalue weighted by Crippen LogP contribution is -2.43. The van der Waals surface area contributed by atoms with Crippen LogP contribution < -0.4 is 0 Å². The Balaban J connectivity index is 2.41. The number of rotatable bonds is 7. The molecule has 0 aromatic heterocycles. The number of carboxylic acids is 1. The van der Waals surface area contributed by atoms with Crippen LogP contribution in [0.1, 0.15) is 27.1 Å². The molecule has 11 heteroatoms. The van der Waals surface area contributed by atoms with Crippen LogP contribution >= 0.6 is 0 Å². The van der Waals surface area contributed by atoms with Crippen molar-refractivity contribution < 1.29 is 32.8 Å². The van der Waals surface area contributed by atoms with Gasteiger partial charge in [-0.05, 0) is 12.5 Å². The Morgan fingerprint density at radius 3 is 2.50 bits per heavy atom. The minimum absolute atomic E-state index is 0.0518. The summed E-state index contributed by atoms with van der Waals surface area (Å²) >= 11 is 0. The van der Waals surface area contributed by atoms with Crippen molar-refractivity contribution in [2.75, 3.05) is 31.8 Å². The highest BCUT2D eigenvalue weighted by Gasteiger charge is 2.35. The van der Waals surface area contributed by atoms with Crippen molar-refractivity contribution in [2.24, 2.45) is 0 Å². The van der Waals surface area contributed by atoms with E-state index >= 15 is 0 Å². The van der Waals surface area contributed by atoms with Crippen molar-refractivity contribution in [3.8, 4) is 0 Å². The second kappa shape index (κ2) is 7.79. The largest absolute Gasteiger partial charge is 0.478 e. The predicted octanol–water partition coefficient (Wildman–Crippen LogP) is 0.569. The number of aromatic carboxylic acids is 1. The molecular weight excluding hydrogens is 368 g/mol. The number of sulfone groups is 1. The first-order valence-electron chi connectivity index (χ1n) is 7.67. The predicted molar refractivity (Wildman–Crippen MR) is 90.0 cm³/mol. The summed E-state index contributed by atoms with van der Waals surface area (Å²) in [5.74, 6) is -2.34. The summed E-state index contributed by atoms with van der Waals surface area (Å²) in [5, 5.41) is 20.1. The molecule has 1 N–H and O–H groups in total. The van der Waals surface area contributed by atoms with Gasteiger partial charge in [-0.2, -0.15) is 0 Å². The third-order valence-corrected chi connectivity index (χ3v) is 5.82. The van der Waals surface area contributed by atoms with E-state index in [1.165, 1.54) is 12.0 Å². The van der Waals surface area contributed by atoms with Gasteiger partial charge in [-0.25, -0.2) is 13.2 Å². The number of carbonyl (C=O) groups is 2. The first-order valence-corrected chi connectivity index (χ1v) is 9.50. The number of carboxylic acid groups (broad SMARTS) is 1. The van der Waals surface area contributed by atoms with Gasteiger partial charge in [-0.15, -0.1) is 0 Å². The van der Waals surface area contributed by atoms with Crippen LogP contribution in [0.5, 0.6) is 0 Å². The molecule has 0 bridgehead atoms. The van der Waals surface area contributed by atoms with Crippen molar-refractivity contribution >= 4 is 27.4 Å². The van der Waals surface area contributed by atoms with Gasteiger partial charge in [0.2, 0.25) is 0 Å². The van der Waals surface area contributed by atoms with Gasteiger partial charge in [-0.3, -0.25) is 14.9 Å². The second-order valence-electron chi connectivity index (χ2n) is 5.88. The fourth-order valence-electron chi connectivity index (χ4n) is 2.79. The number of ether oxygens (including phenoxy) is 1. The van der Waals surface area contributed by atoms with E-state index in [-0.39, 0.29) is 36.6 Å². The minimum atomic E-state index is -3.26. The molecule has 0 radical (unpaired) electrons. The van der Waals surface area contributed by atoms with Gasteiger partial charge in [0.05, 0.1) is 28.6 Å². The van der Waals surface area contributed by atoms with Crippen LogP contribution in [-0.2, 0) is 14.6 Å². The zero-order valence-corrected chi connectivity index (χ0v) is 14.8. The summed E-state index contributed by atoms with van der Waals surface area (Å²) < 4.78 is 28.4. The van der Waals surface area contributed by atoms with Gasteiger partial charge in [-0.1, -0.05) is 0 Å². The van der Waals surface area contributed by atoms with Crippen LogP contribution in [0.4, 0.5) is 5.69 Å². The van der Waals surface area contributed by atoms with Crippen LogP contribution in [-0.4, -0.2) is 73.0 Å². The number of hydrogen-bond donors (Lipinski definition) is 1. The van der Waals surface area contributed by atoms with E-state index in [1.807, 2.05) is 0 Å². The second-order valence-corrected chi connectivity index (χ2v) is 8.11. The highest BCUT2D eigenvalue weighted by molar-refractivity contribution is 7.91. The van der Waals surface area contributed by atoms with E-state index in [9.17, 15) is 28.1 Å². The molecule has 1 amide bonds. The van der Waals surface area contributed by atoms with E-state index < -0.39 is 43.9 Å². The molecule has 0 spiro atoms. The van der Waals surface area contributed by atoms with Gasteiger partial charge in [0.15, 0.2) is 9.84 Å². The standard InChI is InChI=1S/C15H18N2O8S/c1-25-4-3-16(12-2-5-26(23,24)9-12)14(18)10-6-11(15(19)20)8-13(7-10)17(21)22/h6-8,12H,2-5,9H2,1H3,(H,19,20). The van der Waals surface area contributed by atoms with Gasteiger partial charge in [0, 0.05) is 37.4 Å². The smallest absolute Gasteiger partial charge is 0.335 e. The number of benzene rings is 1. The molecule has 10 nitrogen and oxygen atoms in total. The molecule has 1 saturated heterocycles. The zero-order valence-electron chi connectivity index (χ0n) is 14.0. The number of nitro benzene ring substituents is 1. The number of methoxy groups -OCH3 is 1. The molecule has 1 aromatic carbocycles. The van der Waals surface area contributed by atoms with E-state index in [0.29, 0.717) is 0 Å². The number of nitrogens with zero attached hydrogens (tertiary/aromatic N) is 2. The third kappa shape index (κ3) is 4.55. The number of nitro groups is 1. The highest BCUT2D eigenvalue weighted by Crippen LogP contribution is 2.23. The average Bonchev–Trinajstić information content (AvgIpc) is 2.94. The lowest BCUT2D eigenvalue weighted by molar-refractivity contribution is -0.384. The Morgan fingerprint density at radius 1 is 1.35 bits per heavy atom. The molecular formula is C15H18N2O8S. The van der Waals surface area contributed by atoms with E-state index in [0.717, 1.165) is 18.2 Å². The molecule has 1 aliphatic rings. The summed E-state index contributed by atoms with van der Waals surface area (Å²) in [6, 6.07) is 2.30. The molecule has 2 rings (SSSR count). The summed E-state index contributed by atoms with van der Waals surface area (Å²) in [6.07, 6.45) is 0.249. The zero-order chi connectivity index (χ0) is 19.5. The van der Waals surface area contributed by atoms with Crippen LogP contribution in [0.3, 0.4) is 0 Å². The number of carbonyl (C=O) groups excluding carboxylic acids is 1.